The van der Waals surface area contributed by atoms with Crippen LogP contribution in [0.25, 0.3) is 0 Å². The normalized spacial score (nSPS) is 37.7. The van der Waals surface area contributed by atoms with Gasteiger partial charge in [-0.15, -0.1) is 0 Å². The van der Waals surface area contributed by atoms with Gasteiger partial charge in [-0.3, -0.25) is 0 Å². The summed E-state index contributed by atoms with van der Waals surface area (Å²) in [4.78, 5) is 24.7. The molecule has 4 rings (SSSR count). The predicted molar refractivity (Wildman–Crippen MR) is 152 cm³/mol. The monoisotopic (exact) mass is 544 g/mol. The Balaban J connectivity index is 1.59. The van der Waals surface area contributed by atoms with Gasteiger partial charge in [-0.1, -0.05) is 66.0 Å². The lowest BCUT2D eigenvalue weighted by molar-refractivity contribution is -0.0984. The largest absolute Gasteiger partial charge is 0.508 e. The molecule has 2 saturated carbocycles. The SMILES string of the molecule is CCOC(=O)O[C@@H]1C=C2C=C[C@H]3[C@@H]4CC[C@H]([C@H](C)CCCC(C)C)[C@@]4(C)CC[C@@H]3[C@@]2(C)[C@@H](OC(=O)OCC)C1. The summed E-state index contributed by atoms with van der Waals surface area (Å²) in [7, 11) is 0. The number of carbonyl (C=O) groups excluding carboxylic acids is 2. The van der Waals surface area contributed by atoms with Gasteiger partial charge in [0.2, 0.25) is 0 Å². The van der Waals surface area contributed by atoms with E-state index in [1.807, 2.05) is 0 Å². The summed E-state index contributed by atoms with van der Waals surface area (Å²) in [5.41, 5.74) is 1.09. The van der Waals surface area contributed by atoms with Crippen molar-refractivity contribution in [2.75, 3.05) is 13.2 Å². The first-order valence-corrected chi connectivity index (χ1v) is 15.6. The first kappa shape index (κ1) is 30.0. The van der Waals surface area contributed by atoms with Crippen LogP contribution in [0.4, 0.5) is 9.59 Å². The molecule has 9 atom stereocenters. The van der Waals surface area contributed by atoms with Crippen LogP contribution >= 0.6 is 0 Å². The first-order chi connectivity index (χ1) is 18.5. The Kier molecular flexibility index (Phi) is 9.43. The molecule has 220 valence electrons. The maximum atomic E-state index is 12.6. The average molecular weight is 545 g/mol. The van der Waals surface area contributed by atoms with Crippen molar-refractivity contribution in [3.8, 4) is 0 Å². The highest BCUT2D eigenvalue weighted by Crippen LogP contribution is 2.66. The molecule has 0 aromatic heterocycles. The lowest BCUT2D eigenvalue weighted by Gasteiger charge is -2.58. The van der Waals surface area contributed by atoms with E-state index in [1.54, 1.807) is 13.8 Å². The van der Waals surface area contributed by atoms with Crippen LogP contribution < -0.4 is 0 Å². The summed E-state index contributed by atoms with van der Waals surface area (Å²) < 4.78 is 21.9. The van der Waals surface area contributed by atoms with Crippen molar-refractivity contribution in [1.29, 1.82) is 0 Å². The van der Waals surface area contributed by atoms with E-state index in [2.05, 4.69) is 52.8 Å². The fourth-order valence-corrected chi connectivity index (χ4v) is 8.98. The molecule has 0 saturated heterocycles. The zero-order valence-corrected chi connectivity index (χ0v) is 25.4. The zero-order chi connectivity index (χ0) is 28.4. The van der Waals surface area contributed by atoms with Gasteiger partial charge in [-0.2, -0.15) is 0 Å². The summed E-state index contributed by atoms with van der Waals surface area (Å²) in [6, 6.07) is 0. The van der Waals surface area contributed by atoms with Crippen molar-refractivity contribution in [1.82, 2.24) is 0 Å². The number of hydrogen-bond acceptors (Lipinski definition) is 6. The van der Waals surface area contributed by atoms with Crippen LogP contribution in [0.1, 0.15) is 99.8 Å². The molecule has 4 aliphatic rings. The van der Waals surface area contributed by atoms with Crippen molar-refractivity contribution < 1.29 is 28.5 Å². The maximum absolute atomic E-state index is 12.6. The van der Waals surface area contributed by atoms with E-state index in [0.717, 1.165) is 29.7 Å². The number of hydrogen-bond donors (Lipinski definition) is 0. The number of ether oxygens (including phenoxy) is 4. The van der Waals surface area contributed by atoms with Crippen LogP contribution in [0.15, 0.2) is 23.8 Å². The molecule has 6 nitrogen and oxygen atoms in total. The molecular formula is C33H52O6. The van der Waals surface area contributed by atoms with Crippen LogP contribution in [-0.4, -0.2) is 37.7 Å². The number of allylic oxidation sites excluding steroid dienone is 2. The summed E-state index contributed by atoms with van der Waals surface area (Å²) in [6.07, 6.45) is 13.7. The van der Waals surface area contributed by atoms with Gasteiger partial charge in [-0.05, 0) is 92.1 Å². The number of fused-ring (bicyclic) bond motifs is 5. The van der Waals surface area contributed by atoms with Crippen LogP contribution in [0.5, 0.6) is 0 Å². The minimum atomic E-state index is -0.691. The van der Waals surface area contributed by atoms with Crippen molar-refractivity contribution in [2.24, 2.45) is 46.3 Å². The van der Waals surface area contributed by atoms with Crippen molar-refractivity contribution in [2.45, 2.75) is 112 Å². The molecule has 6 heteroatoms. The lowest BCUT2D eigenvalue weighted by atomic mass is 9.47. The van der Waals surface area contributed by atoms with E-state index in [9.17, 15) is 9.59 Å². The number of rotatable bonds is 9. The van der Waals surface area contributed by atoms with Crippen molar-refractivity contribution >= 4 is 12.3 Å². The Morgan fingerprint density at radius 1 is 0.949 bits per heavy atom. The second-order valence-electron chi connectivity index (χ2n) is 13.4. The average Bonchev–Trinajstić information content (AvgIpc) is 3.22. The second-order valence-corrected chi connectivity index (χ2v) is 13.4. The summed E-state index contributed by atoms with van der Waals surface area (Å²) in [5.74, 6) is 3.76. The second kappa shape index (κ2) is 12.3. The Hall–Kier alpha value is -1.98. The standard InChI is InChI=1S/C33H52O6/c1-8-36-30(34)38-24-19-23-13-14-25-27-16-15-26(22(5)12-10-11-21(3)4)32(27,6)18-17-28(25)33(23,7)29(20-24)39-31(35)37-9-2/h13-14,19,21-22,24-29H,8-12,15-18,20H2,1-7H3/t22-,24-,25+,26-,27+,28+,29+,32-,33+/m1/s1. The molecule has 0 aliphatic heterocycles. The highest BCUT2D eigenvalue weighted by atomic mass is 16.7. The molecule has 0 aromatic rings. The fraction of sp³-hybridized carbons (Fsp3) is 0.818. The molecule has 0 amide bonds. The quantitative estimate of drug-likeness (QED) is 0.271. The topological polar surface area (TPSA) is 71.1 Å². The smallest absolute Gasteiger partial charge is 0.435 e. The van der Waals surface area contributed by atoms with Gasteiger partial charge < -0.3 is 18.9 Å². The van der Waals surface area contributed by atoms with Gasteiger partial charge in [0.05, 0.1) is 13.2 Å². The molecule has 0 aromatic carbocycles. The summed E-state index contributed by atoms with van der Waals surface area (Å²) >= 11 is 0. The third kappa shape index (κ3) is 5.91. The Morgan fingerprint density at radius 3 is 2.31 bits per heavy atom. The Bertz CT molecular complexity index is 938. The van der Waals surface area contributed by atoms with Crippen molar-refractivity contribution in [3.05, 3.63) is 23.8 Å². The minimum absolute atomic E-state index is 0.254. The predicted octanol–water partition coefficient (Wildman–Crippen LogP) is 8.50. The Morgan fingerprint density at radius 2 is 1.64 bits per heavy atom. The molecule has 2 fully saturated rings. The molecule has 0 N–H and O–H groups in total. The van der Waals surface area contributed by atoms with Gasteiger partial charge in [0.1, 0.15) is 12.2 Å². The molecule has 39 heavy (non-hydrogen) atoms. The van der Waals surface area contributed by atoms with Gasteiger partial charge >= 0.3 is 12.3 Å². The van der Waals surface area contributed by atoms with E-state index in [4.69, 9.17) is 18.9 Å². The van der Waals surface area contributed by atoms with Gasteiger partial charge in [0, 0.05) is 11.8 Å². The minimum Gasteiger partial charge on any atom is -0.435 e. The molecule has 0 spiro atoms. The highest BCUT2D eigenvalue weighted by Gasteiger charge is 2.61. The third-order valence-electron chi connectivity index (χ3n) is 10.9. The van der Waals surface area contributed by atoms with E-state index >= 15 is 0 Å². The lowest BCUT2D eigenvalue weighted by Crippen LogP contribution is -2.55. The molecule has 0 radical (unpaired) electrons. The number of carbonyl (C=O) groups is 2. The molecule has 0 unspecified atom stereocenters. The summed E-state index contributed by atoms with van der Waals surface area (Å²) in [6.45, 7) is 16.0. The third-order valence-corrected chi connectivity index (χ3v) is 10.9. The Labute approximate surface area is 236 Å². The van der Waals surface area contributed by atoms with Crippen LogP contribution in [0.2, 0.25) is 0 Å². The maximum Gasteiger partial charge on any atom is 0.508 e. The van der Waals surface area contributed by atoms with Gasteiger partial charge in [0.15, 0.2) is 0 Å². The molecule has 0 heterocycles. The first-order valence-electron chi connectivity index (χ1n) is 15.6. The van der Waals surface area contributed by atoms with Crippen LogP contribution in [0, 0.1) is 46.3 Å². The fourth-order valence-electron chi connectivity index (χ4n) is 8.98. The molecular weight excluding hydrogens is 492 g/mol. The van der Waals surface area contributed by atoms with Crippen LogP contribution in [0.3, 0.4) is 0 Å². The molecule has 0 bridgehead atoms. The van der Waals surface area contributed by atoms with E-state index in [-0.39, 0.29) is 18.6 Å². The van der Waals surface area contributed by atoms with Crippen molar-refractivity contribution in [3.63, 3.8) is 0 Å². The van der Waals surface area contributed by atoms with E-state index in [0.29, 0.717) is 29.6 Å². The van der Waals surface area contributed by atoms with Gasteiger partial charge in [-0.25, -0.2) is 9.59 Å². The van der Waals surface area contributed by atoms with Crippen LogP contribution in [-0.2, 0) is 18.9 Å². The molecule has 4 aliphatic carbocycles. The van der Waals surface area contributed by atoms with E-state index < -0.39 is 24.5 Å². The van der Waals surface area contributed by atoms with Gasteiger partial charge in [0.25, 0.3) is 0 Å². The zero-order valence-electron chi connectivity index (χ0n) is 25.4. The highest BCUT2D eigenvalue weighted by molar-refractivity contribution is 5.61. The summed E-state index contributed by atoms with van der Waals surface area (Å²) in [5, 5.41) is 0. The van der Waals surface area contributed by atoms with E-state index in [1.165, 1.54) is 38.5 Å².